The molecule has 2 aliphatic rings. The van der Waals surface area contributed by atoms with Crippen molar-refractivity contribution in [1.82, 2.24) is 14.9 Å². The summed E-state index contributed by atoms with van der Waals surface area (Å²) >= 11 is 0. The van der Waals surface area contributed by atoms with Gasteiger partial charge in [-0.05, 0) is 53.4 Å². The molecule has 28 heavy (non-hydrogen) atoms. The third-order valence-corrected chi connectivity index (χ3v) is 5.57. The fourth-order valence-electron chi connectivity index (χ4n) is 3.88. The molecular formula is C19H32N6O3. The first-order chi connectivity index (χ1) is 13.1. The van der Waals surface area contributed by atoms with Crippen LogP contribution in [0.3, 0.4) is 0 Å². The second-order valence-corrected chi connectivity index (χ2v) is 9.09. The first-order valence-electron chi connectivity index (χ1n) is 9.85. The highest BCUT2D eigenvalue weighted by Gasteiger charge is 2.41. The molecule has 3 rings (SSSR count). The molecule has 1 aliphatic carbocycles. The first kappa shape index (κ1) is 20.4. The van der Waals surface area contributed by atoms with E-state index in [9.17, 15) is 9.90 Å². The smallest absolute Gasteiger partial charge is 0.407 e. The minimum atomic E-state index is -0.881. The molecule has 1 aliphatic heterocycles. The standard InChI is InChI=1S/C19H32N6O3/c1-18(2,3)25(17(26)27)13-9-12(10-13)22-15-14(20)11-21-16(23-15)24-19(4)5-7-28-8-6-19/h11-13H,5-10,20H2,1-4H3,(H,26,27)(H2,21,22,23,24). The lowest BCUT2D eigenvalue weighted by Gasteiger charge is -2.47. The topological polar surface area (TPSA) is 126 Å². The van der Waals surface area contributed by atoms with Crippen molar-refractivity contribution in [3.05, 3.63) is 6.20 Å². The highest BCUT2D eigenvalue weighted by molar-refractivity contribution is 5.67. The lowest BCUT2D eigenvalue weighted by molar-refractivity contribution is 0.0379. The Balaban J connectivity index is 1.62. The maximum absolute atomic E-state index is 11.6. The molecule has 9 heteroatoms. The summed E-state index contributed by atoms with van der Waals surface area (Å²) in [5.41, 5.74) is 6.02. The minimum absolute atomic E-state index is 0.00296. The molecule has 9 nitrogen and oxygen atoms in total. The van der Waals surface area contributed by atoms with Gasteiger partial charge in [-0.3, -0.25) is 0 Å². The molecule has 0 bridgehead atoms. The third-order valence-electron chi connectivity index (χ3n) is 5.57. The van der Waals surface area contributed by atoms with Gasteiger partial charge in [0, 0.05) is 36.4 Å². The molecule has 1 amide bonds. The predicted octanol–water partition coefficient (Wildman–Crippen LogP) is 2.76. The average Bonchev–Trinajstić information content (AvgIpc) is 2.54. The highest BCUT2D eigenvalue weighted by atomic mass is 16.5. The Morgan fingerprint density at radius 1 is 1.36 bits per heavy atom. The number of carbonyl (C=O) groups is 1. The summed E-state index contributed by atoms with van der Waals surface area (Å²) in [5, 5.41) is 16.3. The summed E-state index contributed by atoms with van der Waals surface area (Å²) in [6.45, 7) is 9.34. The summed E-state index contributed by atoms with van der Waals surface area (Å²) in [6, 6.07) is 0.134. The van der Waals surface area contributed by atoms with E-state index in [-0.39, 0.29) is 17.6 Å². The van der Waals surface area contributed by atoms with Gasteiger partial charge >= 0.3 is 6.09 Å². The zero-order valence-corrected chi connectivity index (χ0v) is 17.2. The van der Waals surface area contributed by atoms with Gasteiger partial charge in [-0.2, -0.15) is 4.98 Å². The molecule has 0 aromatic carbocycles. The van der Waals surface area contributed by atoms with Crippen LogP contribution in [0.5, 0.6) is 0 Å². The van der Waals surface area contributed by atoms with E-state index in [2.05, 4.69) is 27.5 Å². The van der Waals surface area contributed by atoms with Crippen LogP contribution in [-0.4, -0.2) is 62.4 Å². The molecule has 0 radical (unpaired) electrons. The number of nitrogen functional groups attached to an aromatic ring is 1. The fourth-order valence-corrected chi connectivity index (χ4v) is 3.88. The Bertz CT molecular complexity index is 708. The molecule has 5 N–H and O–H groups in total. The second-order valence-electron chi connectivity index (χ2n) is 9.09. The molecule has 0 spiro atoms. The number of amides is 1. The zero-order valence-electron chi connectivity index (χ0n) is 17.2. The molecule has 2 fully saturated rings. The van der Waals surface area contributed by atoms with Crippen molar-refractivity contribution in [2.24, 2.45) is 0 Å². The van der Waals surface area contributed by atoms with E-state index < -0.39 is 11.6 Å². The van der Waals surface area contributed by atoms with Gasteiger partial charge < -0.3 is 31.1 Å². The van der Waals surface area contributed by atoms with E-state index in [1.165, 1.54) is 4.90 Å². The number of rotatable bonds is 5. The lowest BCUT2D eigenvalue weighted by Crippen LogP contribution is -2.58. The Hall–Kier alpha value is -2.29. The quantitative estimate of drug-likeness (QED) is 0.603. The monoisotopic (exact) mass is 392 g/mol. The number of aromatic nitrogens is 2. The van der Waals surface area contributed by atoms with Crippen molar-refractivity contribution in [3.63, 3.8) is 0 Å². The van der Waals surface area contributed by atoms with Gasteiger partial charge in [0.2, 0.25) is 5.95 Å². The number of ether oxygens (including phenoxy) is 1. The van der Waals surface area contributed by atoms with Crippen LogP contribution in [0.1, 0.15) is 53.4 Å². The van der Waals surface area contributed by atoms with Crippen LogP contribution in [0.25, 0.3) is 0 Å². The SMILES string of the molecule is CC1(Nc2ncc(N)c(NC3CC(N(C(=O)O)C(C)(C)C)C3)n2)CCOCC1. The van der Waals surface area contributed by atoms with Crippen LogP contribution in [0, 0.1) is 0 Å². The van der Waals surface area contributed by atoms with Crippen LogP contribution >= 0.6 is 0 Å². The van der Waals surface area contributed by atoms with Gasteiger partial charge in [-0.15, -0.1) is 0 Å². The largest absolute Gasteiger partial charge is 0.465 e. The minimum Gasteiger partial charge on any atom is -0.465 e. The fraction of sp³-hybridized carbons (Fsp3) is 0.737. The Morgan fingerprint density at radius 2 is 2.00 bits per heavy atom. The maximum atomic E-state index is 11.6. The summed E-state index contributed by atoms with van der Waals surface area (Å²) in [6.07, 6.45) is 3.97. The van der Waals surface area contributed by atoms with Crippen LogP contribution < -0.4 is 16.4 Å². The van der Waals surface area contributed by atoms with Crippen molar-refractivity contribution in [3.8, 4) is 0 Å². The summed E-state index contributed by atoms with van der Waals surface area (Å²) in [5.74, 6) is 1.13. The third kappa shape index (κ3) is 4.57. The number of carboxylic acid groups (broad SMARTS) is 1. The van der Waals surface area contributed by atoms with E-state index in [1.807, 2.05) is 20.8 Å². The zero-order chi connectivity index (χ0) is 20.5. The Labute approximate surface area is 166 Å². The number of nitrogens with one attached hydrogen (secondary N) is 2. The van der Waals surface area contributed by atoms with Gasteiger partial charge in [0.1, 0.15) is 0 Å². The molecule has 1 aromatic heterocycles. The molecule has 1 saturated carbocycles. The van der Waals surface area contributed by atoms with Crippen molar-refractivity contribution in [2.75, 3.05) is 29.6 Å². The van der Waals surface area contributed by atoms with Crippen LogP contribution in [0.2, 0.25) is 0 Å². The van der Waals surface area contributed by atoms with Crippen molar-refractivity contribution in [2.45, 2.75) is 76.5 Å². The Morgan fingerprint density at radius 3 is 2.57 bits per heavy atom. The van der Waals surface area contributed by atoms with Gasteiger partial charge in [-0.1, -0.05) is 0 Å². The van der Waals surface area contributed by atoms with E-state index in [4.69, 9.17) is 10.5 Å². The van der Waals surface area contributed by atoms with E-state index in [0.29, 0.717) is 17.5 Å². The molecule has 0 unspecified atom stereocenters. The number of nitrogens with zero attached hydrogens (tertiary/aromatic N) is 3. The molecule has 0 atom stereocenters. The molecule has 156 valence electrons. The van der Waals surface area contributed by atoms with Gasteiger partial charge in [0.25, 0.3) is 0 Å². The molecule has 1 saturated heterocycles. The lowest BCUT2D eigenvalue weighted by atomic mass is 9.83. The first-order valence-corrected chi connectivity index (χ1v) is 9.85. The molecule has 2 heterocycles. The second kappa shape index (κ2) is 7.62. The van der Waals surface area contributed by atoms with Crippen molar-refractivity contribution < 1.29 is 14.6 Å². The van der Waals surface area contributed by atoms with Crippen molar-refractivity contribution >= 4 is 23.5 Å². The van der Waals surface area contributed by atoms with E-state index in [1.54, 1.807) is 6.20 Å². The summed E-state index contributed by atoms with van der Waals surface area (Å²) in [7, 11) is 0. The summed E-state index contributed by atoms with van der Waals surface area (Å²) in [4.78, 5) is 22.0. The van der Waals surface area contributed by atoms with E-state index in [0.717, 1.165) is 38.9 Å². The molecule has 1 aromatic rings. The molecular weight excluding hydrogens is 360 g/mol. The average molecular weight is 393 g/mol. The number of hydrogen-bond donors (Lipinski definition) is 4. The summed E-state index contributed by atoms with van der Waals surface area (Å²) < 4.78 is 5.43. The van der Waals surface area contributed by atoms with Gasteiger partial charge in [0.05, 0.1) is 11.9 Å². The van der Waals surface area contributed by atoms with Crippen LogP contribution in [0.4, 0.5) is 22.2 Å². The normalized spacial score (nSPS) is 24.1. The predicted molar refractivity (Wildman–Crippen MR) is 109 cm³/mol. The van der Waals surface area contributed by atoms with E-state index >= 15 is 0 Å². The highest BCUT2D eigenvalue weighted by Crippen LogP contribution is 2.34. The van der Waals surface area contributed by atoms with Crippen molar-refractivity contribution in [1.29, 1.82) is 0 Å². The number of hydrogen-bond acceptors (Lipinski definition) is 7. The number of anilines is 3. The van der Waals surface area contributed by atoms with Gasteiger partial charge in [-0.25, -0.2) is 9.78 Å². The maximum Gasteiger partial charge on any atom is 0.407 e. The Kier molecular flexibility index (Phi) is 5.56. The van der Waals surface area contributed by atoms with Crippen LogP contribution in [0.15, 0.2) is 6.20 Å². The van der Waals surface area contributed by atoms with Crippen LogP contribution in [-0.2, 0) is 4.74 Å². The van der Waals surface area contributed by atoms with Gasteiger partial charge in [0.15, 0.2) is 5.82 Å². The number of nitrogens with two attached hydrogens (primary N) is 1.